The first-order valence-electron chi connectivity index (χ1n) is 7.65. The predicted octanol–water partition coefficient (Wildman–Crippen LogP) is 2.63. The largest absolute Gasteiger partial charge is 0.461 e. The molecule has 1 N–H and O–H groups in total. The van der Waals surface area contributed by atoms with Gasteiger partial charge in [-0.3, -0.25) is 4.79 Å². The third-order valence-electron chi connectivity index (χ3n) is 4.49. The highest BCUT2D eigenvalue weighted by atomic mass is 16.5. The Morgan fingerprint density at radius 3 is 2.71 bits per heavy atom. The number of hydrogen-bond donors (Lipinski definition) is 1. The van der Waals surface area contributed by atoms with Gasteiger partial charge in [0, 0.05) is 12.1 Å². The minimum absolute atomic E-state index is 0.0189. The van der Waals surface area contributed by atoms with Gasteiger partial charge in [-0.2, -0.15) is 0 Å². The van der Waals surface area contributed by atoms with Crippen molar-refractivity contribution < 1.29 is 14.3 Å². The number of fused-ring (bicyclic) bond motifs is 1. The van der Waals surface area contributed by atoms with Gasteiger partial charge in [-0.25, -0.2) is 9.78 Å². The van der Waals surface area contributed by atoms with Crippen LogP contribution in [0.25, 0.3) is 0 Å². The average molecular weight is 288 g/mol. The van der Waals surface area contributed by atoms with E-state index in [1.165, 1.54) is 19.0 Å². The molecule has 5 heteroatoms. The van der Waals surface area contributed by atoms with Crippen LogP contribution in [0.2, 0.25) is 0 Å². The van der Waals surface area contributed by atoms with Gasteiger partial charge in [0.1, 0.15) is 0 Å². The zero-order chi connectivity index (χ0) is 14.8. The van der Waals surface area contributed by atoms with Crippen LogP contribution in [0.4, 0.5) is 5.69 Å². The molecule has 5 nitrogen and oxygen atoms in total. The predicted molar refractivity (Wildman–Crippen MR) is 77.8 cm³/mol. The number of anilines is 1. The molecule has 2 aliphatic rings. The molecule has 0 aromatic carbocycles. The van der Waals surface area contributed by atoms with Gasteiger partial charge in [0.2, 0.25) is 5.91 Å². The van der Waals surface area contributed by atoms with Gasteiger partial charge >= 0.3 is 5.97 Å². The summed E-state index contributed by atoms with van der Waals surface area (Å²) in [5.74, 6) is 0.720. The normalized spacial score (nSPS) is 26.6. The van der Waals surface area contributed by atoms with E-state index in [2.05, 4.69) is 10.3 Å². The Hall–Kier alpha value is -1.91. The molecule has 0 aliphatic heterocycles. The van der Waals surface area contributed by atoms with E-state index in [1.807, 2.05) is 0 Å². The van der Waals surface area contributed by atoms with Crippen LogP contribution in [0.1, 0.15) is 43.1 Å². The van der Waals surface area contributed by atoms with Crippen molar-refractivity contribution in [2.24, 2.45) is 17.8 Å². The molecule has 3 rings (SSSR count). The van der Waals surface area contributed by atoms with E-state index in [1.54, 1.807) is 19.1 Å². The monoisotopic (exact) mass is 288 g/mol. The number of nitrogens with one attached hydrogen (secondary N) is 1. The van der Waals surface area contributed by atoms with Crippen LogP contribution >= 0.6 is 0 Å². The third-order valence-corrected chi connectivity index (χ3v) is 4.49. The molecule has 2 atom stereocenters. The van der Waals surface area contributed by atoms with Crippen molar-refractivity contribution in [1.82, 2.24) is 4.98 Å². The number of nitrogens with zero attached hydrogens (tertiary/aromatic N) is 1. The first-order valence-corrected chi connectivity index (χ1v) is 7.65. The van der Waals surface area contributed by atoms with Crippen LogP contribution in [0.15, 0.2) is 18.3 Å². The van der Waals surface area contributed by atoms with Crippen molar-refractivity contribution in [3.05, 3.63) is 24.0 Å². The Morgan fingerprint density at radius 2 is 2.05 bits per heavy atom. The fourth-order valence-corrected chi connectivity index (χ4v) is 3.47. The summed E-state index contributed by atoms with van der Waals surface area (Å²) < 4.78 is 4.97. The van der Waals surface area contributed by atoms with Gasteiger partial charge in [-0.15, -0.1) is 0 Å². The maximum Gasteiger partial charge on any atom is 0.359 e. The van der Waals surface area contributed by atoms with E-state index < -0.39 is 5.97 Å². The Morgan fingerprint density at radius 1 is 1.33 bits per heavy atom. The van der Waals surface area contributed by atoms with Crippen LogP contribution in [0, 0.1) is 17.8 Å². The quantitative estimate of drug-likeness (QED) is 0.865. The summed E-state index contributed by atoms with van der Waals surface area (Å²) in [5, 5.41) is 2.87. The third kappa shape index (κ3) is 2.77. The lowest BCUT2D eigenvalue weighted by atomic mass is 10.0. The molecule has 1 amide bonds. The van der Waals surface area contributed by atoms with Gasteiger partial charge in [-0.05, 0) is 43.7 Å². The fraction of sp³-hybridized carbons (Fsp3) is 0.562. The number of pyridine rings is 1. The number of carbonyl (C=O) groups excluding carboxylic acids is 2. The Kier molecular flexibility index (Phi) is 3.90. The Bertz CT molecular complexity index is 546. The summed E-state index contributed by atoms with van der Waals surface area (Å²) in [7, 11) is 0. The van der Waals surface area contributed by atoms with E-state index in [-0.39, 0.29) is 24.1 Å². The number of aromatic nitrogens is 1. The number of ether oxygens (including phenoxy) is 1. The number of hydrogen-bond acceptors (Lipinski definition) is 4. The van der Waals surface area contributed by atoms with Gasteiger partial charge in [0.25, 0.3) is 0 Å². The van der Waals surface area contributed by atoms with Crippen LogP contribution in [-0.4, -0.2) is 23.5 Å². The summed E-state index contributed by atoms with van der Waals surface area (Å²) in [6.07, 6.45) is 6.29. The molecule has 1 heterocycles. The van der Waals surface area contributed by atoms with Crippen molar-refractivity contribution in [1.29, 1.82) is 0 Å². The van der Waals surface area contributed by atoms with E-state index in [4.69, 9.17) is 4.74 Å². The summed E-state index contributed by atoms with van der Waals surface area (Å²) in [4.78, 5) is 28.3. The lowest BCUT2D eigenvalue weighted by molar-refractivity contribution is -0.117. The molecule has 2 saturated carbocycles. The SMILES string of the molecule is CCOC(=O)c1ncccc1NC(=O)C1[C@@H]2CCCC[C@@H]12. The fourth-order valence-electron chi connectivity index (χ4n) is 3.47. The second-order valence-corrected chi connectivity index (χ2v) is 5.75. The van der Waals surface area contributed by atoms with Gasteiger partial charge in [0.05, 0.1) is 12.3 Å². The van der Waals surface area contributed by atoms with Crippen LogP contribution < -0.4 is 5.32 Å². The summed E-state index contributed by atoms with van der Waals surface area (Å²) in [6.45, 7) is 2.03. The number of rotatable bonds is 4. The highest BCUT2D eigenvalue weighted by molar-refractivity contribution is 6.01. The van der Waals surface area contributed by atoms with Crippen molar-refractivity contribution in [3.8, 4) is 0 Å². The molecule has 0 radical (unpaired) electrons. The zero-order valence-electron chi connectivity index (χ0n) is 12.2. The van der Waals surface area contributed by atoms with Crippen LogP contribution in [0.3, 0.4) is 0 Å². The molecule has 21 heavy (non-hydrogen) atoms. The molecule has 0 unspecified atom stereocenters. The number of esters is 1. The highest BCUT2D eigenvalue weighted by Crippen LogP contribution is 2.55. The van der Waals surface area contributed by atoms with Crippen molar-refractivity contribution in [2.45, 2.75) is 32.6 Å². The van der Waals surface area contributed by atoms with Crippen LogP contribution in [0.5, 0.6) is 0 Å². The minimum Gasteiger partial charge on any atom is -0.461 e. The molecule has 2 fully saturated rings. The topological polar surface area (TPSA) is 68.3 Å². The second kappa shape index (κ2) is 5.84. The highest BCUT2D eigenvalue weighted by Gasteiger charge is 2.54. The second-order valence-electron chi connectivity index (χ2n) is 5.75. The molecule has 112 valence electrons. The van der Waals surface area contributed by atoms with E-state index in [0.717, 1.165) is 12.8 Å². The van der Waals surface area contributed by atoms with Gasteiger partial charge in [0.15, 0.2) is 5.69 Å². The summed E-state index contributed by atoms with van der Waals surface area (Å²) in [5.41, 5.74) is 0.626. The lowest BCUT2D eigenvalue weighted by Gasteiger charge is -2.09. The maximum absolute atomic E-state index is 12.4. The molecule has 1 aromatic heterocycles. The Balaban J connectivity index is 1.70. The van der Waals surface area contributed by atoms with Gasteiger partial charge < -0.3 is 10.1 Å². The molecule has 0 saturated heterocycles. The summed E-state index contributed by atoms with van der Waals surface area (Å²) >= 11 is 0. The molecular formula is C16H20N2O3. The standard InChI is InChI=1S/C16H20N2O3/c1-2-21-16(20)14-12(8-5-9-17-14)18-15(19)13-10-6-3-4-7-11(10)13/h5,8-11,13H,2-4,6-7H2,1H3,(H,18,19)/t10-,11-/m1/s1. The molecular weight excluding hydrogens is 268 g/mol. The number of amides is 1. The summed E-state index contributed by atoms with van der Waals surface area (Å²) in [6, 6.07) is 3.40. The van der Waals surface area contributed by atoms with Gasteiger partial charge in [-0.1, -0.05) is 12.8 Å². The molecule has 0 spiro atoms. The smallest absolute Gasteiger partial charge is 0.359 e. The first-order chi connectivity index (χ1) is 10.2. The van der Waals surface area contributed by atoms with Crippen molar-refractivity contribution in [2.75, 3.05) is 11.9 Å². The first kappa shape index (κ1) is 14.0. The Labute approximate surface area is 124 Å². The lowest BCUT2D eigenvalue weighted by Crippen LogP contribution is -2.19. The zero-order valence-corrected chi connectivity index (χ0v) is 12.2. The maximum atomic E-state index is 12.4. The van der Waals surface area contributed by atoms with Crippen LogP contribution in [-0.2, 0) is 9.53 Å². The van der Waals surface area contributed by atoms with E-state index in [0.29, 0.717) is 17.5 Å². The minimum atomic E-state index is -0.499. The molecule has 1 aromatic rings. The average Bonchev–Trinajstić information content (AvgIpc) is 3.22. The van der Waals surface area contributed by atoms with Crippen molar-refractivity contribution in [3.63, 3.8) is 0 Å². The van der Waals surface area contributed by atoms with Crippen molar-refractivity contribution >= 4 is 17.6 Å². The van der Waals surface area contributed by atoms with E-state index >= 15 is 0 Å². The number of carbonyl (C=O) groups is 2. The molecule has 0 bridgehead atoms. The molecule has 2 aliphatic carbocycles. The van der Waals surface area contributed by atoms with E-state index in [9.17, 15) is 9.59 Å².